The van der Waals surface area contributed by atoms with Crippen LogP contribution in [0.25, 0.3) is 6.08 Å². The molecule has 1 aliphatic rings. The van der Waals surface area contributed by atoms with E-state index in [1.807, 2.05) is 12.1 Å². The molecule has 0 saturated carbocycles. The summed E-state index contributed by atoms with van der Waals surface area (Å²) in [7, 11) is 3.12. The van der Waals surface area contributed by atoms with Crippen LogP contribution in [-0.4, -0.2) is 26.1 Å². The zero-order chi connectivity index (χ0) is 19.6. The molecular weight excluding hydrogens is 342 g/mol. The molecule has 0 bridgehead atoms. The first-order valence-electron chi connectivity index (χ1n) is 8.67. The minimum Gasteiger partial charge on any atom is -0.493 e. The molecule has 0 atom stereocenters. The van der Waals surface area contributed by atoms with E-state index in [9.17, 15) is 4.79 Å². The van der Waals surface area contributed by atoms with E-state index in [0.29, 0.717) is 17.1 Å². The van der Waals surface area contributed by atoms with Crippen LogP contribution < -0.4 is 9.47 Å². The second-order valence-electron chi connectivity index (χ2n) is 7.28. The molecule has 0 aliphatic carbocycles. The lowest BCUT2D eigenvalue weighted by Crippen LogP contribution is -2.10. The first-order chi connectivity index (χ1) is 12.8. The third-order valence-corrected chi connectivity index (χ3v) is 4.33. The number of methoxy groups -OCH3 is 2. The average Bonchev–Trinajstić information content (AvgIpc) is 3.01. The van der Waals surface area contributed by atoms with Gasteiger partial charge in [0.15, 0.2) is 17.2 Å². The highest BCUT2D eigenvalue weighted by molar-refractivity contribution is 6.13. The molecule has 0 aromatic heterocycles. The fourth-order valence-corrected chi connectivity index (χ4v) is 2.74. The van der Waals surface area contributed by atoms with Gasteiger partial charge in [0.05, 0.1) is 14.2 Å². The molecule has 3 rings (SSSR count). The number of rotatable bonds is 4. The molecular formula is C22H23NO4. The lowest BCUT2D eigenvalue weighted by Gasteiger charge is -2.18. The number of hydrogen-bond acceptors (Lipinski definition) is 5. The zero-order valence-electron chi connectivity index (χ0n) is 16.2. The van der Waals surface area contributed by atoms with E-state index >= 15 is 0 Å². The Labute approximate surface area is 159 Å². The Balaban J connectivity index is 1.89. The zero-order valence-corrected chi connectivity index (χ0v) is 16.2. The van der Waals surface area contributed by atoms with Crippen LogP contribution >= 0.6 is 0 Å². The summed E-state index contributed by atoms with van der Waals surface area (Å²) in [6.07, 6.45) is 1.72. The van der Waals surface area contributed by atoms with E-state index in [0.717, 1.165) is 5.56 Å². The van der Waals surface area contributed by atoms with Crippen LogP contribution in [-0.2, 0) is 14.9 Å². The van der Waals surface area contributed by atoms with Crippen LogP contribution in [0.4, 0.5) is 0 Å². The van der Waals surface area contributed by atoms with Gasteiger partial charge in [-0.05, 0) is 40.8 Å². The van der Waals surface area contributed by atoms with Crippen LogP contribution in [0.15, 0.2) is 53.2 Å². The van der Waals surface area contributed by atoms with Crippen LogP contribution in [0, 0.1) is 0 Å². The molecule has 5 heteroatoms. The van der Waals surface area contributed by atoms with E-state index < -0.39 is 5.97 Å². The van der Waals surface area contributed by atoms with Gasteiger partial charge in [-0.1, -0.05) is 45.0 Å². The molecule has 2 aromatic rings. The fourth-order valence-electron chi connectivity index (χ4n) is 2.74. The standard InChI is InChI=1S/C22H23NO4/c1-22(2,3)16-9-6-14(7-10-16)12-17-21(24)27-20(23-17)15-8-11-18(25-4)19(13-15)26-5/h6-13H,1-5H3. The lowest BCUT2D eigenvalue weighted by atomic mass is 9.87. The molecule has 0 radical (unpaired) electrons. The maximum Gasteiger partial charge on any atom is 0.363 e. The van der Waals surface area contributed by atoms with E-state index in [2.05, 4.69) is 37.9 Å². The number of hydrogen-bond donors (Lipinski definition) is 0. The van der Waals surface area contributed by atoms with Gasteiger partial charge in [-0.3, -0.25) is 0 Å². The smallest absolute Gasteiger partial charge is 0.363 e. The number of nitrogens with zero attached hydrogens (tertiary/aromatic N) is 1. The normalized spacial score (nSPS) is 15.5. The van der Waals surface area contributed by atoms with Gasteiger partial charge in [0.1, 0.15) is 0 Å². The summed E-state index contributed by atoms with van der Waals surface area (Å²) in [6, 6.07) is 13.3. The van der Waals surface area contributed by atoms with Crippen LogP contribution in [0.3, 0.4) is 0 Å². The highest BCUT2D eigenvalue weighted by Crippen LogP contribution is 2.29. The third kappa shape index (κ3) is 4.03. The number of aliphatic imine (C=N–C) groups is 1. The maximum absolute atomic E-state index is 12.2. The van der Waals surface area contributed by atoms with Crippen molar-refractivity contribution in [1.82, 2.24) is 0 Å². The van der Waals surface area contributed by atoms with Gasteiger partial charge in [-0.2, -0.15) is 0 Å². The molecule has 0 spiro atoms. The Morgan fingerprint density at radius 2 is 1.63 bits per heavy atom. The Morgan fingerprint density at radius 1 is 0.963 bits per heavy atom. The number of benzene rings is 2. The quantitative estimate of drug-likeness (QED) is 0.597. The van der Waals surface area contributed by atoms with Crippen molar-refractivity contribution in [2.75, 3.05) is 14.2 Å². The lowest BCUT2D eigenvalue weighted by molar-refractivity contribution is -0.129. The third-order valence-electron chi connectivity index (χ3n) is 4.33. The van der Waals surface area contributed by atoms with Crippen molar-refractivity contribution < 1.29 is 19.0 Å². The Morgan fingerprint density at radius 3 is 2.22 bits per heavy atom. The molecule has 0 N–H and O–H groups in total. The molecule has 1 heterocycles. The predicted molar refractivity (Wildman–Crippen MR) is 105 cm³/mol. The summed E-state index contributed by atoms with van der Waals surface area (Å²) in [5, 5.41) is 0. The minimum absolute atomic E-state index is 0.0801. The van der Waals surface area contributed by atoms with Crippen molar-refractivity contribution in [3.05, 3.63) is 64.9 Å². The molecule has 1 aliphatic heterocycles. The summed E-state index contributed by atoms with van der Waals surface area (Å²) in [4.78, 5) is 16.6. The number of ether oxygens (including phenoxy) is 3. The van der Waals surface area contributed by atoms with Gasteiger partial charge in [0.2, 0.25) is 5.90 Å². The van der Waals surface area contributed by atoms with Gasteiger partial charge < -0.3 is 14.2 Å². The van der Waals surface area contributed by atoms with Crippen LogP contribution in [0.2, 0.25) is 0 Å². The first-order valence-corrected chi connectivity index (χ1v) is 8.67. The molecule has 0 saturated heterocycles. The van der Waals surface area contributed by atoms with Crippen LogP contribution in [0.5, 0.6) is 11.5 Å². The van der Waals surface area contributed by atoms with Crippen molar-refractivity contribution in [2.24, 2.45) is 4.99 Å². The van der Waals surface area contributed by atoms with Crippen molar-refractivity contribution in [3.63, 3.8) is 0 Å². The highest BCUT2D eigenvalue weighted by atomic mass is 16.6. The number of esters is 1. The molecule has 27 heavy (non-hydrogen) atoms. The minimum atomic E-state index is -0.473. The van der Waals surface area contributed by atoms with E-state index in [1.165, 1.54) is 5.56 Å². The van der Waals surface area contributed by atoms with Crippen LogP contribution in [0.1, 0.15) is 37.5 Å². The van der Waals surface area contributed by atoms with Crippen molar-refractivity contribution in [2.45, 2.75) is 26.2 Å². The van der Waals surface area contributed by atoms with Crippen molar-refractivity contribution in [1.29, 1.82) is 0 Å². The Hall–Kier alpha value is -3.08. The topological polar surface area (TPSA) is 57.1 Å². The van der Waals surface area contributed by atoms with Gasteiger partial charge in [-0.25, -0.2) is 9.79 Å². The summed E-state index contributed by atoms with van der Waals surface area (Å²) in [6.45, 7) is 6.48. The molecule has 2 aromatic carbocycles. The molecule has 5 nitrogen and oxygen atoms in total. The van der Waals surface area contributed by atoms with Gasteiger partial charge >= 0.3 is 5.97 Å². The summed E-state index contributed by atoms with van der Waals surface area (Å²) < 4.78 is 15.8. The molecule has 0 fully saturated rings. The number of carbonyl (C=O) groups excluding carboxylic acids is 1. The van der Waals surface area contributed by atoms with E-state index in [1.54, 1.807) is 38.5 Å². The van der Waals surface area contributed by atoms with E-state index in [-0.39, 0.29) is 17.0 Å². The van der Waals surface area contributed by atoms with Crippen molar-refractivity contribution in [3.8, 4) is 11.5 Å². The number of cyclic esters (lactones) is 1. The SMILES string of the molecule is COc1ccc(C2=NC(=Cc3ccc(C(C)(C)C)cc3)C(=O)O2)cc1OC. The summed E-state index contributed by atoms with van der Waals surface area (Å²) in [5.41, 5.74) is 3.12. The highest BCUT2D eigenvalue weighted by Gasteiger charge is 2.25. The fraction of sp³-hybridized carbons (Fsp3) is 0.273. The summed E-state index contributed by atoms with van der Waals surface area (Å²) >= 11 is 0. The molecule has 0 unspecified atom stereocenters. The first kappa shape index (κ1) is 18.7. The predicted octanol–water partition coefficient (Wildman–Crippen LogP) is 4.35. The molecule has 0 amide bonds. The number of carbonyl (C=O) groups is 1. The molecule has 140 valence electrons. The maximum atomic E-state index is 12.2. The largest absolute Gasteiger partial charge is 0.493 e. The monoisotopic (exact) mass is 365 g/mol. The summed E-state index contributed by atoms with van der Waals surface area (Å²) in [5.74, 6) is 0.919. The van der Waals surface area contributed by atoms with Gasteiger partial charge in [-0.15, -0.1) is 0 Å². The Kier molecular flexibility index (Phi) is 5.04. The Bertz CT molecular complexity index is 918. The van der Waals surface area contributed by atoms with Crippen molar-refractivity contribution >= 4 is 17.9 Å². The average molecular weight is 365 g/mol. The van der Waals surface area contributed by atoms with Gasteiger partial charge in [0.25, 0.3) is 0 Å². The second kappa shape index (κ2) is 7.27. The van der Waals surface area contributed by atoms with Gasteiger partial charge in [0, 0.05) is 5.56 Å². The second-order valence-corrected chi connectivity index (χ2v) is 7.28. The van der Waals surface area contributed by atoms with E-state index in [4.69, 9.17) is 14.2 Å².